The molecule has 0 heterocycles. The lowest BCUT2D eigenvalue weighted by Gasteiger charge is -2.06. The molecule has 4 heteroatoms. The Balaban J connectivity index is 2.56. The third-order valence-electron chi connectivity index (χ3n) is 2.84. The second-order valence-corrected chi connectivity index (χ2v) is 6.14. The van der Waals surface area contributed by atoms with E-state index < -0.39 is 0 Å². The fourth-order valence-electron chi connectivity index (χ4n) is 1.80. The molecule has 0 aliphatic carbocycles. The van der Waals surface area contributed by atoms with E-state index in [1.54, 1.807) is 12.1 Å². The second-order valence-electron chi connectivity index (χ2n) is 4.37. The summed E-state index contributed by atoms with van der Waals surface area (Å²) in [6, 6.07) is 3.40. The Morgan fingerprint density at radius 1 is 1.17 bits per heavy atom. The van der Waals surface area contributed by atoms with Crippen LogP contribution in [0.2, 0.25) is 0 Å². The van der Waals surface area contributed by atoms with Crippen molar-refractivity contribution in [2.24, 2.45) is 0 Å². The van der Waals surface area contributed by atoms with E-state index in [9.17, 15) is 9.90 Å². The molecular weight excluding hydrogens is 360 g/mol. The third kappa shape index (κ3) is 4.73. The molecule has 0 spiro atoms. The summed E-state index contributed by atoms with van der Waals surface area (Å²) in [6.07, 6.45) is 6.07. The smallest absolute Gasteiger partial charge is 0.166 e. The maximum Gasteiger partial charge on any atom is 0.166 e. The van der Waals surface area contributed by atoms with Crippen molar-refractivity contribution in [2.75, 3.05) is 0 Å². The number of hydrogen-bond donors (Lipinski definition) is 1. The third-order valence-corrected chi connectivity index (χ3v) is 3.90. The Kier molecular flexibility index (Phi) is 6.94. The van der Waals surface area contributed by atoms with Crippen LogP contribution >= 0.6 is 31.9 Å². The minimum absolute atomic E-state index is 0.00555. The summed E-state index contributed by atoms with van der Waals surface area (Å²) >= 11 is 6.56. The van der Waals surface area contributed by atoms with Gasteiger partial charge in [-0.15, -0.1) is 0 Å². The van der Waals surface area contributed by atoms with Gasteiger partial charge in [-0.3, -0.25) is 4.79 Å². The lowest BCUT2D eigenvalue weighted by molar-refractivity contribution is 0.0976. The van der Waals surface area contributed by atoms with Crippen LogP contribution in [0.25, 0.3) is 0 Å². The molecular formula is C14H18Br2O2. The molecule has 1 rings (SSSR count). The predicted molar refractivity (Wildman–Crippen MR) is 81.2 cm³/mol. The van der Waals surface area contributed by atoms with Gasteiger partial charge in [-0.25, -0.2) is 0 Å². The van der Waals surface area contributed by atoms with Crippen LogP contribution in [-0.2, 0) is 0 Å². The molecule has 0 fully saturated rings. The molecule has 1 N–H and O–H groups in total. The van der Waals surface area contributed by atoms with Crippen LogP contribution in [0.15, 0.2) is 21.1 Å². The molecule has 1 aromatic carbocycles. The fraction of sp³-hybridized carbons (Fsp3) is 0.500. The van der Waals surface area contributed by atoms with Gasteiger partial charge >= 0.3 is 0 Å². The van der Waals surface area contributed by atoms with Crippen molar-refractivity contribution in [1.82, 2.24) is 0 Å². The average molecular weight is 378 g/mol. The van der Waals surface area contributed by atoms with Crippen molar-refractivity contribution in [2.45, 2.75) is 45.4 Å². The van der Waals surface area contributed by atoms with Gasteiger partial charge in [0.05, 0.1) is 10.0 Å². The zero-order valence-electron chi connectivity index (χ0n) is 10.5. The van der Waals surface area contributed by atoms with Crippen LogP contribution in [0.3, 0.4) is 0 Å². The number of benzene rings is 1. The van der Waals surface area contributed by atoms with Gasteiger partial charge in [-0.2, -0.15) is 0 Å². The van der Waals surface area contributed by atoms with Crippen LogP contribution in [0, 0.1) is 0 Å². The zero-order chi connectivity index (χ0) is 13.5. The van der Waals surface area contributed by atoms with Crippen molar-refractivity contribution < 1.29 is 9.90 Å². The molecule has 1 aromatic rings. The number of carbonyl (C=O) groups is 1. The molecule has 0 aliphatic heterocycles. The molecule has 100 valence electrons. The van der Waals surface area contributed by atoms with Gasteiger partial charge in [0.25, 0.3) is 0 Å². The lowest BCUT2D eigenvalue weighted by atomic mass is 10.0. The maximum absolute atomic E-state index is 12.0. The van der Waals surface area contributed by atoms with Crippen LogP contribution in [-0.4, -0.2) is 10.9 Å². The number of Topliss-reactive ketones (excluding diaryl/α,β-unsaturated/α-hetero) is 1. The number of ketones is 1. The minimum atomic E-state index is 0.00555. The van der Waals surface area contributed by atoms with Gasteiger partial charge < -0.3 is 5.11 Å². The van der Waals surface area contributed by atoms with E-state index in [1.165, 1.54) is 19.3 Å². The Bertz CT molecular complexity index is 417. The monoisotopic (exact) mass is 376 g/mol. The summed E-state index contributed by atoms with van der Waals surface area (Å²) in [5, 5.41) is 9.84. The summed E-state index contributed by atoms with van der Waals surface area (Å²) in [7, 11) is 0. The van der Waals surface area contributed by atoms with Gasteiger partial charge in [0.1, 0.15) is 5.75 Å². The highest BCUT2D eigenvalue weighted by Crippen LogP contribution is 2.32. The summed E-state index contributed by atoms with van der Waals surface area (Å²) in [5.74, 6) is 0.0442. The molecule has 0 aromatic heterocycles. The van der Waals surface area contributed by atoms with Crippen molar-refractivity contribution >= 4 is 37.6 Å². The summed E-state index contributed by atoms with van der Waals surface area (Å²) in [5.41, 5.74) is 0.395. The van der Waals surface area contributed by atoms with E-state index >= 15 is 0 Å². The molecule has 0 radical (unpaired) electrons. The van der Waals surface area contributed by atoms with Crippen molar-refractivity contribution in [3.8, 4) is 5.75 Å². The highest BCUT2D eigenvalue weighted by atomic mass is 79.9. The van der Waals surface area contributed by atoms with E-state index in [-0.39, 0.29) is 11.5 Å². The standard InChI is InChI=1S/C14H18Br2O2/c1-2-3-4-5-6-7-13(17)11-8-10(15)9-12(16)14(11)18/h8-9,18H,2-7H2,1H3. The minimum Gasteiger partial charge on any atom is -0.506 e. The van der Waals surface area contributed by atoms with E-state index in [0.29, 0.717) is 16.5 Å². The van der Waals surface area contributed by atoms with Crippen LogP contribution in [0.5, 0.6) is 5.75 Å². The number of hydrogen-bond acceptors (Lipinski definition) is 2. The van der Waals surface area contributed by atoms with E-state index in [4.69, 9.17) is 0 Å². The van der Waals surface area contributed by atoms with Crippen LogP contribution in [0.4, 0.5) is 0 Å². The number of phenolic OH excluding ortho intramolecular Hbond substituents is 1. The van der Waals surface area contributed by atoms with Crippen LogP contribution in [0.1, 0.15) is 55.8 Å². The normalized spacial score (nSPS) is 10.6. The molecule has 0 atom stereocenters. The highest BCUT2D eigenvalue weighted by Gasteiger charge is 2.14. The Labute approximate surface area is 125 Å². The first-order chi connectivity index (χ1) is 8.56. The largest absolute Gasteiger partial charge is 0.506 e. The van der Waals surface area contributed by atoms with Gasteiger partial charge in [-0.1, -0.05) is 48.5 Å². The maximum atomic E-state index is 12.0. The quantitative estimate of drug-likeness (QED) is 0.505. The predicted octanol–water partition coefficient (Wildman–Crippen LogP) is 5.46. The van der Waals surface area contributed by atoms with Crippen molar-refractivity contribution in [3.63, 3.8) is 0 Å². The van der Waals surface area contributed by atoms with E-state index in [1.807, 2.05) is 0 Å². The number of carbonyl (C=O) groups excluding carboxylic acids is 1. The first kappa shape index (κ1) is 15.7. The number of rotatable bonds is 7. The molecule has 0 saturated heterocycles. The Morgan fingerprint density at radius 2 is 1.83 bits per heavy atom. The van der Waals surface area contributed by atoms with E-state index in [0.717, 1.165) is 17.3 Å². The molecule has 0 amide bonds. The highest BCUT2D eigenvalue weighted by molar-refractivity contribution is 9.11. The van der Waals surface area contributed by atoms with Gasteiger partial charge in [0, 0.05) is 10.9 Å². The molecule has 18 heavy (non-hydrogen) atoms. The fourth-order valence-corrected chi connectivity index (χ4v) is 3.03. The number of aromatic hydroxyl groups is 1. The first-order valence-corrected chi connectivity index (χ1v) is 7.86. The first-order valence-electron chi connectivity index (χ1n) is 6.27. The van der Waals surface area contributed by atoms with E-state index in [2.05, 4.69) is 38.8 Å². The summed E-state index contributed by atoms with van der Waals surface area (Å²) in [4.78, 5) is 12.0. The molecule has 2 nitrogen and oxygen atoms in total. The van der Waals surface area contributed by atoms with Crippen molar-refractivity contribution in [3.05, 3.63) is 26.6 Å². The Hall–Kier alpha value is -0.350. The number of phenols is 1. The second kappa shape index (κ2) is 7.95. The topological polar surface area (TPSA) is 37.3 Å². The lowest BCUT2D eigenvalue weighted by Crippen LogP contribution is -2.00. The number of unbranched alkanes of at least 4 members (excludes halogenated alkanes) is 4. The average Bonchev–Trinajstić information content (AvgIpc) is 2.33. The van der Waals surface area contributed by atoms with Crippen LogP contribution < -0.4 is 0 Å². The molecule has 0 aliphatic rings. The summed E-state index contributed by atoms with van der Waals surface area (Å²) < 4.78 is 1.34. The zero-order valence-corrected chi connectivity index (χ0v) is 13.7. The summed E-state index contributed by atoms with van der Waals surface area (Å²) in [6.45, 7) is 2.17. The Morgan fingerprint density at radius 3 is 2.50 bits per heavy atom. The molecule has 0 bridgehead atoms. The van der Waals surface area contributed by atoms with Gasteiger partial charge in [-0.05, 0) is 34.5 Å². The van der Waals surface area contributed by atoms with Gasteiger partial charge in [0.2, 0.25) is 0 Å². The van der Waals surface area contributed by atoms with Crippen molar-refractivity contribution in [1.29, 1.82) is 0 Å². The number of halogens is 2. The molecule has 0 saturated carbocycles. The SMILES string of the molecule is CCCCCCCC(=O)c1cc(Br)cc(Br)c1O. The van der Waals surface area contributed by atoms with Gasteiger partial charge in [0.15, 0.2) is 5.78 Å². The molecule has 0 unspecified atom stereocenters.